The molecule has 106 valence electrons. The molecule has 0 atom stereocenters. The summed E-state index contributed by atoms with van der Waals surface area (Å²) in [5.74, 6) is 0.250. The smallest absolute Gasteiger partial charge is 0.409 e. The molecule has 0 N–H and O–H groups in total. The van der Waals surface area contributed by atoms with Crippen molar-refractivity contribution in [3.05, 3.63) is 0 Å². The normalized spacial score (nSPS) is 18.2. The average molecular weight is 268 g/mol. The summed E-state index contributed by atoms with van der Waals surface area (Å²) in [7, 11) is 0. The van der Waals surface area contributed by atoms with Crippen LogP contribution in [0.5, 0.6) is 0 Å². The highest BCUT2D eigenvalue weighted by molar-refractivity contribution is 5.67. The van der Waals surface area contributed by atoms with Crippen LogP contribution in [0.4, 0.5) is 18.0 Å². The number of ether oxygens (including phenoxy) is 1. The lowest BCUT2D eigenvalue weighted by atomic mass is 10.2. The van der Waals surface area contributed by atoms with Crippen LogP contribution in [0.15, 0.2) is 0 Å². The Kier molecular flexibility index (Phi) is 5.25. The summed E-state index contributed by atoms with van der Waals surface area (Å²) in [4.78, 5) is 14.3. The first kappa shape index (κ1) is 15.1. The number of piperazine rings is 1. The molecule has 18 heavy (non-hydrogen) atoms. The molecule has 1 rings (SSSR count). The van der Waals surface area contributed by atoms with Gasteiger partial charge in [0.15, 0.2) is 0 Å². The van der Waals surface area contributed by atoms with Crippen molar-refractivity contribution in [2.24, 2.45) is 5.92 Å². The van der Waals surface area contributed by atoms with Crippen molar-refractivity contribution in [2.75, 3.05) is 39.3 Å². The van der Waals surface area contributed by atoms with Gasteiger partial charge in [-0.1, -0.05) is 13.8 Å². The van der Waals surface area contributed by atoms with Gasteiger partial charge in [-0.05, 0) is 5.92 Å². The van der Waals surface area contributed by atoms with Gasteiger partial charge in [0.25, 0.3) is 0 Å². The van der Waals surface area contributed by atoms with Crippen LogP contribution in [0, 0.1) is 5.92 Å². The minimum Gasteiger partial charge on any atom is -0.449 e. The van der Waals surface area contributed by atoms with Crippen molar-refractivity contribution >= 4 is 6.09 Å². The van der Waals surface area contributed by atoms with Gasteiger partial charge in [-0.15, -0.1) is 0 Å². The first-order valence-corrected chi connectivity index (χ1v) is 5.99. The molecule has 7 heteroatoms. The summed E-state index contributed by atoms with van der Waals surface area (Å²) < 4.78 is 41.5. The minimum atomic E-state index is -4.18. The van der Waals surface area contributed by atoms with E-state index in [4.69, 9.17) is 4.74 Å². The number of hydrogen-bond donors (Lipinski definition) is 0. The van der Waals surface area contributed by atoms with Gasteiger partial charge in [0.2, 0.25) is 0 Å². The predicted octanol–water partition coefficient (Wildman–Crippen LogP) is 1.96. The molecule has 0 bridgehead atoms. The van der Waals surface area contributed by atoms with Gasteiger partial charge >= 0.3 is 12.3 Å². The molecule has 0 spiro atoms. The highest BCUT2D eigenvalue weighted by atomic mass is 19.4. The highest BCUT2D eigenvalue weighted by Crippen LogP contribution is 2.17. The van der Waals surface area contributed by atoms with E-state index in [1.807, 2.05) is 13.8 Å². The van der Waals surface area contributed by atoms with Crippen molar-refractivity contribution in [1.29, 1.82) is 0 Å². The van der Waals surface area contributed by atoms with Crippen LogP contribution < -0.4 is 0 Å². The Morgan fingerprint density at radius 2 is 1.78 bits per heavy atom. The molecule has 0 aromatic carbocycles. The number of nitrogens with zero attached hydrogens (tertiary/aromatic N) is 2. The van der Waals surface area contributed by atoms with Crippen LogP contribution in [0.25, 0.3) is 0 Å². The maximum atomic E-state index is 12.2. The zero-order valence-electron chi connectivity index (χ0n) is 10.7. The van der Waals surface area contributed by atoms with E-state index in [9.17, 15) is 18.0 Å². The molecule has 0 aromatic rings. The van der Waals surface area contributed by atoms with Gasteiger partial charge in [-0.3, -0.25) is 4.90 Å². The fourth-order valence-electron chi connectivity index (χ4n) is 1.67. The Balaban J connectivity index is 2.28. The third-order valence-electron chi connectivity index (χ3n) is 2.57. The first-order valence-electron chi connectivity index (χ1n) is 5.99. The van der Waals surface area contributed by atoms with Crippen molar-refractivity contribution in [3.63, 3.8) is 0 Å². The van der Waals surface area contributed by atoms with E-state index < -0.39 is 18.8 Å². The fraction of sp³-hybridized carbons (Fsp3) is 0.909. The van der Waals surface area contributed by atoms with Gasteiger partial charge in [-0.25, -0.2) is 4.79 Å². The highest BCUT2D eigenvalue weighted by Gasteiger charge is 2.33. The molecule has 1 aliphatic rings. The maximum absolute atomic E-state index is 12.2. The Bertz CT molecular complexity index is 274. The molecule has 1 amide bonds. The van der Waals surface area contributed by atoms with Crippen molar-refractivity contribution in [2.45, 2.75) is 20.0 Å². The predicted molar refractivity (Wildman–Crippen MR) is 60.3 cm³/mol. The standard InChI is InChI=1S/C11H19F3N2O2/c1-9(2)7-18-10(17)16-5-3-15(4-6-16)8-11(12,13)14/h9H,3-8H2,1-2H3. The van der Waals surface area contributed by atoms with Gasteiger partial charge < -0.3 is 9.64 Å². The van der Waals surface area contributed by atoms with Gasteiger partial charge in [0.1, 0.15) is 0 Å². The molecule has 0 aromatic heterocycles. The number of rotatable bonds is 3. The Labute approximate surface area is 105 Å². The second-order valence-electron chi connectivity index (χ2n) is 4.85. The van der Waals surface area contributed by atoms with E-state index in [0.29, 0.717) is 6.61 Å². The molecule has 0 radical (unpaired) electrons. The number of alkyl halides is 3. The van der Waals surface area contributed by atoms with E-state index in [2.05, 4.69) is 0 Å². The topological polar surface area (TPSA) is 32.8 Å². The second-order valence-corrected chi connectivity index (χ2v) is 4.85. The fourth-order valence-corrected chi connectivity index (χ4v) is 1.67. The first-order chi connectivity index (χ1) is 8.28. The average Bonchev–Trinajstić information content (AvgIpc) is 2.24. The number of amides is 1. The Hall–Kier alpha value is -0.980. The molecule has 0 saturated carbocycles. The molecular weight excluding hydrogens is 249 g/mol. The monoisotopic (exact) mass is 268 g/mol. The molecule has 1 heterocycles. The summed E-state index contributed by atoms with van der Waals surface area (Å²) in [6, 6.07) is 0. The van der Waals surface area contributed by atoms with E-state index in [0.717, 1.165) is 0 Å². The molecule has 0 unspecified atom stereocenters. The molecule has 4 nitrogen and oxygen atoms in total. The van der Waals surface area contributed by atoms with Gasteiger partial charge in [0, 0.05) is 26.2 Å². The van der Waals surface area contributed by atoms with Crippen molar-refractivity contribution in [3.8, 4) is 0 Å². The third-order valence-corrected chi connectivity index (χ3v) is 2.57. The zero-order chi connectivity index (χ0) is 13.8. The van der Waals surface area contributed by atoms with E-state index >= 15 is 0 Å². The number of halogens is 3. The van der Waals surface area contributed by atoms with E-state index in [1.54, 1.807) is 0 Å². The quantitative estimate of drug-likeness (QED) is 0.784. The van der Waals surface area contributed by atoms with Crippen LogP contribution in [0.3, 0.4) is 0 Å². The SMILES string of the molecule is CC(C)COC(=O)N1CCN(CC(F)(F)F)CC1. The van der Waals surface area contributed by atoms with Crippen LogP contribution in [0.1, 0.15) is 13.8 Å². The molecule has 1 saturated heterocycles. The van der Waals surface area contributed by atoms with Crippen LogP contribution in [-0.2, 0) is 4.74 Å². The lowest BCUT2D eigenvalue weighted by Crippen LogP contribution is -2.51. The largest absolute Gasteiger partial charge is 0.449 e. The number of hydrogen-bond acceptors (Lipinski definition) is 3. The molecule has 1 fully saturated rings. The minimum absolute atomic E-state index is 0.232. The van der Waals surface area contributed by atoms with Crippen LogP contribution >= 0.6 is 0 Å². The van der Waals surface area contributed by atoms with Crippen LogP contribution in [-0.4, -0.2) is 61.4 Å². The number of carbonyl (C=O) groups is 1. The van der Waals surface area contributed by atoms with Gasteiger partial charge in [0.05, 0.1) is 13.2 Å². The lowest BCUT2D eigenvalue weighted by Gasteiger charge is -2.34. The van der Waals surface area contributed by atoms with E-state index in [-0.39, 0.29) is 32.1 Å². The maximum Gasteiger partial charge on any atom is 0.409 e. The summed E-state index contributed by atoms with van der Waals surface area (Å²) >= 11 is 0. The van der Waals surface area contributed by atoms with E-state index in [1.165, 1.54) is 9.80 Å². The Morgan fingerprint density at radius 1 is 1.22 bits per heavy atom. The summed E-state index contributed by atoms with van der Waals surface area (Å²) in [5.41, 5.74) is 0. The second kappa shape index (κ2) is 6.26. The molecular formula is C11H19F3N2O2. The van der Waals surface area contributed by atoms with Crippen molar-refractivity contribution in [1.82, 2.24) is 9.80 Å². The van der Waals surface area contributed by atoms with Crippen molar-refractivity contribution < 1.29 is 22.7 Å². The van der Waals surface area contributed by atoms with Gasteiger partial charge in [-0.2, -0.15) is 13.2 Å². The summed E-state index contributed by atoms with van der Waals surface area (Å²) in [6.45, 7) is 4.30. The lowest BCUT2D eigenvalue weighted by molar-refractivity contribution is -0.148. The van der Waals surface area contributed by atoms with Crippen LogP contribution in [0.2, 0.25) is 0 Å². The summed E-state index contributed by atoms with van der Waals surface area (Å²) in [5, 5.41) is 0. The zero-order valence-corrected chi connectivity index (χ0v) is 10.7. The third kappa shape index (κ3) is 5.57. The summed E-state index contributed by atoms with van der Waals surface area (Å²) in [6.07, 6.45) is -4.62. The molecule has 1 aliphatic heterocycles. The Morgan fingerprint density at radius 3 is 2.22 bits per heavy atom. The molecule has 0 aliphatic carbocycles. The number of carbonyl (C=O) groups excluding carboxylic acids is 1.